The summed E-state index contributed by atoms with van der Waals surface area (Å²) in [6, 6.07) is 13.8. The van der Waals surface area contributed by atoms with E-state index in [1.54, 1.807) is 0 Å². The Kier molecular flexibility index (Phi) is 5.57. The minimum atomic E-state index is -0.900. The lowest BCUT2D eigenvalue weighted by Gasteiger charge is -2.32. The number of amides is 1. The number of carbonyl (C=O) groups is 2. The number of carboxylic acids is 1. The number of hydrogen-bond acceptors (Lipinski definition) is 3. The molecule has 138 valence electrons. The van der Waals surface area contributed by atoms with E-state index in [2.05, 4.69) is 5.32 Å². The predicted molar refractivity (Wildman–Crippen MR) is 99.9 cm³/mol. The van der Waals surface area contributed by atoms with Crippen LogP contribution in [0.1, 0.15) is 25.3 Å². The van der Waals surface area contributed by atoms with Crippen molar-refractivity contribution in [2.75, 3.05) is 19.8 Å². The quantitative estimate of drug-likeness (QED) is 0.835. The van der Waals surface area contributed by atoms with E-state index >= 15 is 0 Å². The summed E-state index contributed by atoms with van der Waals surface area (Å²) in [6.07, 6.45) is 1.99. The molecular weight excluding hydrogens is 330 g/mol. The molecule has 1 aliphatic heterocycles. The largest absolute Gasteiger partial charge is 0.481 e. The molecule has 3 rings (SSSR count). The van der Waals surface area contributed by atoms with Crippen LogP contribution in [0.25, 0.3) is 10.8 Å². The molecule has 1 aliphatic rings. The fraction of sp³-hybridized carbons (Fsp3) is 0.429. The molecular formula is C21H25NO4. The second-order valence-corrected chi connectivity index (χ2v) is 7.30. The van der Waals surface area contributed by atoms with Gasteiger partial charge >= 0.3 is 5.97 Å². The first-order valence-electron chi connectivity index (χ1n) is 9.05. The first kappa shape index (κ1) is 18.4. The Labute approximate surface area is 153 Å². The topological polar surface area (TPSA) is 75.6 Å². The van der Waals surface area contributed by atoms with Crippen LogP contribution in [0.5, 0.6) is 0 Å². The Morgan fingerprint density at radius 2 is 2.00 bits per heavy atom. The number of carbonyl (C=O) groups excluding carboxylic acids is 1. The van der Waals surface area contributed by atoms with Crippen LogP contribution in [0.2, 0.25) is 0 Å². The summed E-state index contributed by atoms with van der Waals surface area (Å²) < 4.78 is 5.43. The highest BCUT2D eigenvalue weighted by Crippen LogP contribution is 2.28. The van der Waals surface area contributed by atoms with Gasteiger partial charge in [-0.3, -0.25) is 9.59 Å². The Balaban J connectivity index is 1.69. The Morgan fingerprint density at radius 1 is 1.23 bits per heavy atom. The summed E-state index contributed by atoms with van der Waals surface area (Å²) in [5.41, 5.74) is 0.415. The monoisotopic (exact) mass is 355 g/mol. The maximum atomic E-state index is 12.5. The molecule has 5 heteroatoms. The van der Waals surface area contributed by atoms with Crippen molar-refractivity contribution in [3.8, 4) is 0 Å². The van der Waals surface area contributed by atoms with Gasteiger partial charge in [0.15, 0.2) is 0 Å². The van der Waals surface area contributed by atoms with E-state index in [4.69, 9.17) is 4.74 Å². The smallest absolute Gasteiger partial charge is 0.308 e. The van der Waals surface area contributed by atoms with Crippen LogP contribution in [-0.4, -0.2) is 36.7 Å². The molecule has 1 amide bonds. The van der Waals surface area contributed by atoms with E-state index in [-0.39, 0.29) is 12.5 Å². The molecule has 0 bridgehead atoms. The molecule has 0 aliphatic carbocycles. The third-order valence-corrected chi connectivity index (χ3v) is 5.19. The normalized spacial score (nSPS) is 21.3. The Bertz CT molecular complexity index is 790. The van der Waals surface area contributed by atoms with Crippen molar-refractivity contribution in [2.24, 2.45) is 11.3 Å². The van der Waals surface area contributed by atoms with Gasteiger partial charge in [-0.15, -0.1) is 0 Å². The van der Waals surface area contributed by atoms with E-state index < -0.39 is 17.3 Å². The van der Waals surface area contributed by atoms with Crippen molar-refractivity contribution < 1.29 is 19.4 Å². The van der Waals surface area contributed by atoms with E-state index in [0.29, 0.717) is 19.6 Å². The third kappa shape index (κ3) is 4.05. The van der Waals surface area contributed by atoms with Crippen LogP contribution in [0.3, 0.4) is 0 Å². The maximum absolute atomic E-state index is 12.5. The summed E-state index contributed by atoms with van der Waals surface area (Å²) in [4.78, 5) is 24.3. The van der Waals surface area contributed by atoms with Gasteiger partial charge in [-0.1, -0.05) is 42.5 Å². The lowest BCUT2D eigenvalue weighted by Crippen LogP contribution is -2.46. The van der Waals surface area contributed by atoms with Gasteiger partial charge in [-0.05, 0) is 42.5 Å². The summed E-state index contributed by atoms with van der Waals surface area (Å²) in [6.45, 7) is 3.07. The summed E-state index contributed by atoms with van der Waals surface area (Å²) in [5.74, 6) is -1.69. The van der Waals surface area contributed by atoms with Crippen LogP contribution in [0.4, 0.5) is 0 Å². The van der Waals surface area contributed by atoms with Crippen LogP contribution >= 0.6 is 0 Å². The molecule has 26 heavy (non-hydrogen) atoms. The fourth-order valence-corrected chi connectivity index (χ4v) is 3.53. The number of rotatable bonds is 6. The zero-order valence-electron chi connectivity index (χ0n) is 15.0. The molecule has 5 nitrogen and oxygen atoms in total. The second-order valence-electron chi connectivity index (χ2n) is 7.30. The van der Waals surface area contributed by atoms with Gasteiger partial charge in [0.05, 0.1) is 17.9 Å². The molecule has 1 fully saturated rings. The molecule has 2 N–H and O–H groups in total. The standard InChI is InChI=1S/C21H25NO4/c1-21(10-5-11-26-14-21)20(25)22-13-17(19(23)24)12-16-8-4-7-15-6-2-3-9-18(15)16/h2-4,6-9,17H,5,10-14H2,1H3,(H,22,25)(H,23,24). The Morgan fingerprint density at radius 3 is 2.73 bits per heavy atom. The number of ether oxygens (including phenoxy) is 1. The number of fused-ring (bicyclic) bond motifs is 1. The first-order chi connectivity index (χ1) is 12.5. The highest BCUT2D eigenvalue weighted by Gasteiger charge is 2.36. The molecule has 0 spiro atoms. The summed E-state index contributed by atoms with van der Waals surface area (Å²) >= 11 is 0. The number of nitrogens with one attached hydrogen (secondary N) is 1. The molecule has 2 atom stereocenters. The SMILES string of the molecule is CC1(C(=O)NCC(Cc2cccc3ccccc23)C(=O)O)CCCOC1. The second kappa shape index (κ2) is 7.87. The lowest BCUT2D eigenvalue weighted by atomic mass is 9.83. The lowest BCUT2D eigenvalue weighted by molar-refractivity contribution is -0.142. The van der Waals surface area contributed by atoms with Gasteiger partial charge in [0.25, 0.3) is 0 Å². The fourth-order valence-electron chi connectivity index (χ4n) is 3.53. The minimum absolute atomic E-state index is 0.118. The minimum Gasteiger partial charge on any atom is -0.481 e. The first-order valence-corrected chi connectivity index (χ1v) is 9.05. The number of benzene rings is 2. The van der Waals surface area contributed by atoms with Crippen LogP contribution in [-0.2, 0) is 20.7 Å². The molecule has 0 aromatic heterocycles. The highest BCUT2D eigenvalue weighted by molar-refractivity contribution is 5.86. The molecule has 1 heterocycles. The van der Waals surface area contributed by atoms with Crippen LogP contribution < -0.4 is 5.32 Å². The van der Waals surface area contributed by atoms with Gasteiger partial charge in [0.1, 0.15) is 0 Å². The molecule has 1 saturated heterocycles. The van der Waals surface area contributed by atoms with E-state index in [9.17, 15) is 14.7 Å². The summed E-state index contributed by atoms with van der Waals surface area (Å²) in [7, 11) is 0. The number of hydrogen-bond donors (Lipinski definition) is 2. The van der Waals surface area contributed by atoms with Crippen molar-refractivity contribution in [3.05, 3.63) is 48.0 Å². The third-order valence-electron chi connectivity index (χ3n) is 5.19. The van der Waals surface area contributed by atoms with Crippen molar-refractivity contribution >= 4 is 22.6 Å². The van der Waals surface area contributed by atoms with Crippen molar-refractivity contribution in [2.45, 2.75) is 26.2 Å². The molecule has 2 unspecified atom stereocenters. The summed E-state index contributed by atoms with van der Waals surface area (Å²) in [5, 5.41) is 14.6. The van der Waals surface area contributed by atoms with Crippen molar-refractivity contribution in [1.82, 2.24) is 5.32 Å². The van der Waals surface area contributed by atoms with Crippen molar-refractivity contribution in [3.63, 3.8) is 0 Å². The molecule has 2 aromatic carbocycles. The maximum Gasteiger partial charge on any atom is 0.308 e. The number of aliphatic carboxylic acids is 1. The zero-order valence-corrected chi connectivity index (χ0v) is 15.0. The zero-order chi connectivity index (χ0) is 18.6. The van der Waals surface area contributed by atoms with Crippen molar-refractivity contribution in [1.29, 1.82) is 0 Å². The van der Waals surface area contributed by atoms with Gasteiger partial charge in [0, 0.05) is 13.2 Å². The van der Waals surface area contributed by atoms with Crippen LogP contribution in [0, 0.1) is 11.3 Å². The Hall–Kier alpha value is -2.40. The molecule has 0 radical (unpaired) electrons. The molecule has 0 saturated carbocycles. The highest BCUT2D eigenvalue weighted by atomic mass is 16.5. The van der Waals surface area contributed by atoms with Gasteiger partial charge < -0.3 is 15.2 Å². The number of carboxylic acid groups (broad SMARTS) is 1. The average molecular weight is 355 g/mol. The van der Waals surface area contributed by atoms with Gasteiger partial charge in [0.2, 0.25) is 5.91 Å². The predicted octanol–water partition coefficient (Wildman–Crippen LogP) is 3.02. The average Bonchev–Trinajstić information content (AvgIpc) is 2.65. The van der Waals surface area contributed by atoms with Gasteiger partial charge in [-0.25, -0.2) is 0 Å². The van der Waals surface area contributed by atoms with Gasteiger partial charge in [-0.2, -0.15) is 0 Å². The van der Waals surface area contributed by atoms with E-state index in [1.165, 1.54) is 0 Å². The van der Waals surface area contributed by atoms with E-state index in [0.717, 1.165) is 29.2 Å². The van der Waals surface area contributed by atoms with E-state index in [1.807, 2.05) is 49.4 Å². The molecule has 2 aromatic rings. The van der Waals surface area contributed by atoms with Crippen LogP contribution in [0.15, 0.2) is 42.5 Å².